The number of nitrogens with two attached hydrogens (primary N) is 1. The van der Waals surface area contributed by atoms with Crippen molar-refractivity contribution in [3.8, 4) is 0 Å². The molecule has 2 aliphatic rings. The zero-order valence-electron chi connectivity index (χ0n) is 11.2. The topological polar surface area (TPSA) is 46.2 Å². The molecular formula is C14H27NOS. The third-order valence-electron chi connectivity index (χ3n) is 5.00. The van der Waals surface area contributed by atoms with Crippen LogP contribution in [0.25, 0.3) is 0 Å². The molecule has 0 aromatic heterocycles. The van der Waals surface area contributed by atoms with Crippen LogP contribution in [0, 0.1) is 11.8 Å². The first-order valence-electron chi connectivity index (χ1n) is 7.06. The van der Waals surface area contributed by atoms with Crippen molar-refractivity contribution in [2.75, 3.05) is 11.5 Å². The van der Waals surface area contributed by atoms with Crippen LogP contribution in [0.4, 0.5) is 0 Å². The van der Waals surface area contributed by atoms with E-state index in [4.69, 9.17) is 5.73 Å². The van der Waals surface area contributed by atoms with Gasteiger partial charge in [-0.1, -0.05) is 13.8 Å². The molecule has 1 saturated carbocycles. The second-order valence-electron chi connectivity index (χ2n) is 6.43. The summed E-state index contributed by atoms with van der Waals surface area (Å²) in [5.41, 5.74) is 5.61. The molecule has 1 aliphatic heterocycles. The van der Waals surface area contributed by atoms with Gasteiger partial charge in [0.15, 0.2) is 0 Å². The lowest BCUT2D eigenvalue weighted by Gasteiger charge is -2.50. The van der Waals surface area contributed by atoms with E-state index in [9.17, 15) is 5.11 Å². The van der Waals surface area contributed by atoms with Crippen LogP contribution in [0.5, 0.6) is 0 Å². The molecule has 0 aromatic rings. The summed E-state index contributed by atoms with van der Waals surface area (Å²) < 4.78 is 0. The molecule has 2 nitrogen and oxygen atoms in total. The third kappa shape index (κ3) is 2.66. The summed E-state index contributed by atoms with van der Waals surface area (Å²) in [5, 5.41) is 10.9. The fourth-order valence-electron chi connectivity index (χ4n) is 3.47. The number of hydrogen-bond donors (Lipinski definition) is 2. The summed E-state index contributed by atoms with van der Waals surface area (Å²) in [4.78, 5) is 0. The maximum Gasteiger partial charge on any atom is 0.0834 e. The minimum Gasteiger partial charge on any atom is -0.388 e. The lowest BCUT2D eigenvalue weighted by molar-refractivity contribution is -0.0731. The van der Waals surface area contributed by atoms with Gasteiger partial charge in [0, 0.05) is 5.75 Å². The van der Waals surface area contributed by atoms with Gasteiger partial charge in [-0.15, -0.1) is 0 Å². The number of thioether (sulfide) groups is 1. The van der Waals surface area contributed by atoms with E-state index in [1.165, 1.54) is 5.75 Å². The molecule has 0 spiro atoms. The smallest absolute Gasteiger partial charge is 0.0834 e. The van der Waals surface area contributed by atoms with Gasteiger partial charge in [0.25, 0.3) is 0 Å². The lowest BCUT2D eigenvalue weighted by Crippen LogP contribution is -2.64. The Kier molecular flexibility index (Phi) is 4.11. The van der Waals surface area contributed by atoms with Crippen LogP contribution in [-0.2, 0) is 0 Å². The molecule has 0 amide bonds. The highest BCUT2D eigenvalue weighted by Gasteiger charge is 2.49. The Morgan fingerprint density at radius 3 is 2.35 bits per heavy atom. The van der Waals surface area contributed by atoms with E-state index in [2.05, 4.69) is 13.8 Å². The van der Waals surface area contributed by atoms with Crippen LogP contribution < -0.4 is 5.73 Å². The second kappa shape index (κ2) is 5.10. The Labute approximate surface area is 110 Å². The van der Waals surface area contributed by atoms with Crippen molar-refractivity contribution < 1.29 is 5.11 Å². The van der Waals surface area contributed by atoms with E-state index in [0.717, 1.165) is 56.1 Å². The quantitative estimate of drug-likeness (QED) is 0.799. The van der Waals surface area contributed by atoms with Gasteiger partial charge in [-0.25, -0.2) is 0 Å². The zero-order valence-corrected chi connectivity index (χ0v) is 12.1. The average Bonchev–Trinajstić information content (AvgIpc) is 2.30. The molecule has 100 valence electrons. The summed E-state index contributed by atoms with van der Waals surface area (Å²) in [7, 11) is 0. The highest BCUT2D eigenvalue weighted by atomic mass is 32.2. The molecule has 0 aromatic carbocycles. The third-order valence-corrected chi connectivity index (χ3v) is 6.29. The molecule has 1 heterocycles. The molecule has 1 unspecified atom stereocenters. The molecule has 17 heavy (non-hydrogen) atoms. The molecule has 1 atom stereocenters. The molecule has 1 saturated heterocycles. The van der Waals surface area contributed by atoms with Gasteiger partial charge in [-0.2, -0.15) is 11.8 Å². The summed E-state index contributed by atoms with van der Waals surface area (Å²) in [6, 6.07) is 0. The maximum atomic E-state index is 10.9. The molecule has 3 heteroatoms. The fourth-order valence-corrected chi connectivity index (χ4v) is 4.74. The van der Waals surface area contributed by atoms with E-state index in [1.807, 2.05) is 11.8 Å². The van der Waals surface area contributed by atoms with Crippen molar-refractivity contribution in [3.05, 3.63) is 0 Å². The summed E-state index contributed by atoms with van der Waals surface area (Å²) in [6.07, 6.45) is 6.29. The minimum atomic E-state index is -0.591. The van der Waals surface area contributed by atoms with E-state index in [-0.39, 0.29) is 5.54 Å². The lowest BCUT2D eigenvalue weighted by atomic mass is 9.66. The van der Waals surface area contributed by atoms with Gasteiger partial charge in [0.1, 0.15) is 0 Å². The number of aliphatic hydroxyl groups is 1. The van der Waals surface area contributed by atoms with Crippen LogP contribution in [0.15, 0.2) is 0 Å². The largest absolute Gasteiger partial charge is 0.388 e. The Hall–Kier alpha value is 0.270. The Bertz CT molecular complexity index is 253. The predicted octanol–water partition coefficient (Wildman–Crippen LogP) is 2.79. The van der Waals surface area contributed by atoms with E-state index in [0.29, 0.717) is 0 Å². The minimum absolute atomic E-state index is 0.322. The van der Waals surface area contributed by atoms with Crippen LogP contribution in [0.1, 0.15) is 52.4 Å². The van der Waals surface area contributed by atoms with Gasteiger partial charge in [0.2, 0.25) is 0 Å². The molecule has 2 rings (SSSR count). The van der Waals surface area contributed by atoms with Crippen molar-refractivity contribution in [2.45, 2.75) is 63.5 Å². The number of hydrogen-bond acceptors (Lipinski definition) is 3. The van der Waals surface area contributed by atoms with Crippen LogP contribution in [0.3, 0.4) is 0 Å². The zero-order chi connectivity index (χ0) is 12.5. The number of rotatable bonds is 2. The first-order valence-corrected chi connectivity index (χ1v) is 8.21. The van der Waals surface area contributed by atoms with Gasteiger partial charge in [-0.05, 0) is 56.1 Å². The molecule has 3 N–H and O–H groups in total. The van der Waals surface area contributed by atoms with Gasteiger partial charge in [0.05, 0.1) is 11.1 Å². The molecule has 0 bridgehead atoms. The van der Waals surface area contributed by atoms with E-state index in [1.54, 1.807) is 0 Å². The molecule has 1 aliphatic carbocycles. The van der Waals surface area contributed by atoms with Crippen molar-refractivity contribution >= 4 is 11.8 Å². The highest BCUT2D eigenvalue weighted by Crippen LogP contribution is 2.44. The highest BCUT2D eigenvalue weighted by molar-refractivity contribution is 7.99. The maximum absolute atomic E-state index is 10.9. The summed E-state index contributed by atoms with van der Waals surface area (Å²) in [5.74, 6) is 3.68. The summed E-state index contributed by atoms with van der Waals surface area (Å²) in [6.45, 7) is 4.59. The van der Waals surface area contributed by atoms with E-state index >= 15 is 0 Å². The first kappa shape index (κ1) is 13.7. The van der Waals surface area contributed by atoms with Gasteiger partial charge < -0.3 is 10.8 Å². The summed E-state index contributed by atoms with van der Waals surface area (Å²) >= 11 is 1.92. The predicted molar refractivity (Wildman–Crippen MR) is 75.2 cm³/mol. The fraction of sp³-hybridized carbons (Fsp3) is 1.00. The first-order chi connectivity index (χ1) is 7.97. The van der Waals surface area contributed by atoms with Crippen molar-refractivity contribution in [2.24, 2.45) is 17.6 Å². The Morgan fingerprint density at radius 1 is 1.24 bits per heavy atom. The van der Waals surface area contributed by atoms with E-state index < -0.39 is 5.60 Å². The molecular weight excluding hydrogens is 230 g/mol. The van der Waals surface area contributed by atoms with Gasteiger partial charge >= 0.3 is 0 Å². The van der Waals surface area contributed by atoms with Gasteiger partial charge in [-0.3, -0.25) is 0 Å². The Morgan fingerprint density at radius 2 is 1.88 bits per heavy atom. The average molecular weight is 257 g/mol. The Balaban J connectivity index is 2.00. The monoisotopic (exact) mass is 257 g/mol. The van der Waals surface area contributed by atoms with Crippen LogP contribution in [-0.4, -0.2) is 27.8 Å². The SMILES string of the molecule is CC(C)C1CCC(O)(C2(N)CCCSC2)CC1. The van der Waals surface area contributed by atoms with Crippen molar-refractivity contribution in [1.29, 1.82) is 0 Å². The van der Waals surface area contributed by atoms with Crippen LogP contribution >= 0.6 is 11.8 Å². The normalized spacial score (nSPS) is 43.9. The van der Waals surface area contributed by atoms with Crippen molar-refractivity contribution in [1.82, 2.24) is 0 Å². The van der Waals surface area contributed by atoms with Crippen LogP contribution in [0.2, 0.25) is 0 Å². The standard InChI is InChI=1S/C14H27NOS/c1-11(2)12-4-7-14(16,8-5-12)13(15)6-3-9-17-10-13/h11-12,16H,3-10,15H2,1-2H3. The second-order valence-corrected chi connectivity index (χ2v) is 7.53. The molecule has 2 fully saturated rings. The molecule has 0 radical (unpaired) electrons. The van der Waals surface area contributed by atoms with Crippen molar-refractivity contribution in [3.63, 3.8) is 0 Å².